The largest absolute Gasteiger partial charge is 0.480 e. The third-order valence-corrected chi connectivity index (χ3v) is 1.91. The van der Waals surface area contributed by atoms with Crippen molar-refractivity contribution in [3.05, 3.63) is 0 Å². The minimum absolute atomic E-state index is 0.339. The normalized spacial score (nSPS) is 9.53. The lowest BCUT2D eigenvalue weighted by atomic mass is 10.4. The number of rotatable bonds is 8. The van der Waals surface area contributed by atoms with Crippen molar-refractivity contribution in [1.82, 2.24) is 15.5 Å². The SMILES string of the molecule is CCCNC(=O)CNC(=O)N(CC(=O)O)CC(=O)O. The van der Waals surface area contributed by atoms with Gasteiger partial charge in [0.15, 0.2) is 0 Å². The first-order valence-electron chi connectivity index (χ1n) is 5.59. The molecule has 19 heavy (non-hydrogen) atoms. The zero-order chi connectivity index (χ0) is 14.8. The van der Waals surface area contributed by atoms with Crippen LogP contribution in [-0.4, -0.2) is 65.2 Å². The van der Waals surface area contributed by atoms with Gasteiger partial charge < -0.3 is 25.7 Å². The van der Waals surface area contributed by atoms with E-state index in [0.717, 1.165) is 6.42 Å². The van der Waals surface area contributed by atoms with Gasteiger partial charge in [-0.15, -0.1) is 0 Å². The minimum atomic E-state index is -1.34. The van der Waals surface area contributed by atoms with E-state index in [2.05, 4.69) is 10.6 Å². The van der Waals surface area contributed by atoms with Gasteiger partial charge in [0.2, 0.25) is 5.91 Å². The molecule has 9 heteroatoms. The number of urea groups is 1. The number of carbonyl (C=O) groups excluding carboxylic acids is 2. The van der Waals surface area contributed by atoms with Gasteiger partial charge in [-0.3, -0.25) is 14.4 Å². The summed E-state index contributed by atoms with van der Waals surface area (Å²) in [6.45, 7) is 0.473. The molecule has 0 aromatic heterocycles. The molecule has 0 aliphatic heterocycles. The average molecular weight is 275 g/mol. The summed E-state index contributed by atoms with van der Waals surface area (Å²) in [5.41, 5.74) is 0. The summed E-state index contributed by atoms with van der Waals surface area (Å²) < 4.78 is 0. The van der Waals surface area contributed by atoms with E-state index >= 15 is 0 Å². The Labute approximate surface area is 109 Å². The van der Waals surface area contributed by atoms with E-state index in [1.54, 1.807) is 0 Å². The van der Waals surface area contributed by atoms with Crippen LogP contribution in [0.1, 0.15) is 13.3 Å². The van der Waals surface area contributed by atoms with Crippen LogP contribution < -0.4 is 10.6 Å². The number of aliphatic carboxylic acids is 2. The van der Waals surface area contributed by atoms with Crippen molar-refractivity contribution in [1.29, 1.82) is 0 Å². The van der Waals surface area contributed by atoms with E-state index in [4.69, 9.17) is 10.2 Å². The van der Waals surface area contributed by atoms with Gasteiger partial charge >= 0.3 is 18.0 Å². The summed E-state index contributed by atoms with van der Waals surface area (Å²) in [6.07, 6.45) is 0.740. The molecule has 108 valence electrons. The molecule has 0 rings (SSSR count). The number of nitrogens with one attached hydrogen (secondary N) is 2. The lowest BCUT2D eigenvalue weighted by molar-refractivity contribution is -0.140. The number of carbonyl (C=O) groups is 4. The third-order valence-electron chi connectivity index (χ3n) is 1.91. The van der Waals surface area contributed by atoms with Gasteiger partial charge in [-0.2, -0.15) is 0 Å². The Bertz CT molecular complexity index is 341. The fourth-order valence-corrected chi connectivity index (χ4v) is 1.12. The average Bonchev–Trinajstić information content (AvgIpc) is 2.31. The fraction of sp³-hybridized carbons (Fsp3) is 0.600. The van der Waals surface area contributed by atoms with Gasteiger partial charge in [0.1, 0.15) is 13.1 Å². The summed E-state index contributed by atoms with van der Waals surface area (Å²) in [5.74, 6) is -3.11. The lowest BCUT2D eigenvalue weighted by Crippen LogP contribution is -2.48. The van der Waals surface area contributed by atoms with Gasteiger partial charge in [-0.25, -0.2) is 4.79 Å². The molecule has 0 spiro atoms. The molecule has 0 unspecified atom stereocenters. The molecule has 0 aromatic carbocycles. The van der Waals surface area contributed by atoms with Crippen molar-refractivity contribution in [2.75, 3.05) is 26.2 Å². The number of hydrogen-bond acceptors (Lipinski definition) is 4. The van der Waals surface area contributed by atoms with E-state index in [1.165, 1.54) is 0 Å². The van der Waals surface area contributed by atoms with E-state index in [9.17, 15) is 19.2 Å². The molecule has 0 radical (unpaired) electrons. The predicted octanol–water partition coefficient (Wildman–Crippen LogP) is -1.31. The van der Waals surface area contributed by atoms with E-state index < -0.39 is 37.0 Å². The highest BCUT2D eigenvalue weighted by molar-refractivity contribution is 5.87. The van der Waals surface area contributed by atoms with Crippen molar-refractivity contribution in [2.24, 2.45) is 0 Å². The molecular weight excluding hydrogens is 258 g/mol. The molecule has 0 fully saturated rings. The Hall–Kier alpha value is -2.32. The van der Waals surface area contributed by atoms with Crippen LogP contribution in [0, 0.1) is 0 Å². The Kier molecular flexibility index (Phi) is 7.66. The highest BCUT2D eigenvalue weighted by atomic mass is 16.4. The van der Waals surface area contributed by atoms with Gasteiger partial charge in [0.05, 0.1) is 6.54 Å². The third kappa shape index (κ3) is 8.41. The first-order valence-corrected chi connectivity index (χ1v) is 5.59. The summed E-state index contributed by atoms with van der Waals surface area (Å²) >= 11 is 0. The molecule has 3 amide bonds. The van der Waals surface area contributed by atoms with Crippen LogP contribution in [0.3, 0.4) is 0 Å². The Morgan fingerprint density at radius 1 is 1.00 bits per heavy atom. The van der Waals surface area contributed by atoms with Crippen LogP contribution in [-0.2, 0) is 14.4 Å². The Morgan fingerprint density at radius 2 is 1.53 bits per heavy atom. The predicted molar refractivity (Wildman–Crippen MR) is 63.5 cm³/mol. The van der Waals surface area contributed by atoms with Crippen LogP contribution in [0.25, 0.3) is 0 Å². The first kappa shape index (κ1) is 16.7. The van der Waals surface area contributed by atoms with E-state index in [1.807, 2.05) is 6.92 Å². The van der Waals surface area contributed by atoms with Crippen LogP contribution in [0.4, 0.5) is 4.79 Å². The second kappa shape index (κ2) is 8.72. The summed E-state index contributed by atoms with van der Waals surface area (Å²) in [4.78, 5) is 44.2. The summed E-state index contributed by atoms with van der Waals surface area (Å²) in [6, 6.07) is -0.920. The minimum Gasteiger partial charge on any atom is -0.480 e. The molecule has 0 aliphatic rings. The lowest BCUT2D eigenvalue weighted by Gasteiger charge is -2.18. The monoisotopic (exact) mass is 275 g/mol. The molecule has 0 saturated carbocycles. The molecule has 0 bridgehead atoms. The van der Waals surface area contributed by atoms with Crippen molar-refractivity contribution >= 4 is 23.9 Å². The highest BCUT2D eigenvalue weighted by Gasteiger charge is 2.19. The van der Waals surface area contributed by atoms with Crippen molar-refractivity contribution in [3.8, 4) is 0 Å². The topological polar surface area (TPSA) is 136 Å². The molecule has 4 N–H and O–H groups in total. The van der Waals surface area contributed by atoms with Crippen molar-refractivity contribution in [3.63, 3.8) is 0 Å². The summed E-state index contributed by atoms with van der Waals surface area (Å²) in [7, 11) is 0. The van der Waals surface area contributed by atoms with Crippen LogP contribution in [0.5, 0.6) is 0 Å². The zero-order valence-electron chi connectivity index (χ0n) is 10.5. The van der Waals surface area contributed by atoms with Gasteiger partial charge in [0.25, 0.3) is 0 Å². The van der Waals surface area contributed by atoms with E-state index in [-0.39, 0.29) is 6.54 Å². The van der Waals surface area contributed by atoms with Crippen LogP contribution in [0.15, 0.2) is 0 Å². The molecular formula is C10H17N3O6. The van der Waals surface area contributed by atoms with Crippen molar-refractivity contribution in [2.45, 2.75) is 13.3 Å². The smallest absolute Gasteiger partial charge is 0.323 e. The zero-order valence-corrected chi connectivity index (χ0v) is 10.5. The number of carboxylic acid groups (broad SMARTS) is 2. The second-order valence-electron chi connectivity index (χ2n) is 3.65. The molecule has 0 aliphatic carbocycles. The maximum absolute atomic E-state index is 11.5. The maximum atomic E-state index is 11.5. The highest BCUT2D eigenvalue weighted by Crippen LogP contribution is 1.90. The fourth-order valence-electron chi connectivity index (χ4n) is 1.12. The number of amides is 3. The van der Waals surface area contributed by atoms with E-state index in [0.29, 0.717) is 11.4 Å². The number of nitrogens with zero attached hydrogens (tertiary/aromatic N) is 1. The quantitative estimate of drug-likeness (QED) is 0.434. The Balaban J connectivity index is 4.27. The first-order chi connectivity index (χ1) is 8.86. The number of carboxylic acids is 2. The van der Waals surface area contributed by atoms with Crippen molar-refractivity contribution < 1.29 is 29.4 Å². The molecule has 9 nitrogen and oxygen atoms in total. The molecule has 0 atom stereocenters. The second-order valence-corrected chi connectivity index (χ2v) is 3.65. The standard InChI is InChI=1S/C10H17N3O6/c1-2-3-11-7(14)4-12-10(19)13(5-8(15)16)6-9(17)18/h2-6H2,1H3,(H,11,14)(H,12,19)(H,15,16)(H,17,18). The molecule has 0 aromatic rings. The van der Waals surface area contributed by atoms with Crippen LogP contribution in [0.2, 0.25) is 0 Å². The van der Waals surface area contributed by atoms with Crippen LogP contribution >= 0.6 is 0 Å². The van der Waals surface area contributed by atoms with Gasteiger partial charge in [-0.1, -0.05) is 6.92 Å². The molecule has 0 heterocycles. The summed E-state index contributed by atoms with van der Waals surface area (Å²) in [5, 5.41) is 21.7. The maximum Gasteiger partial charge on any atom is 0.323 e. The van der Waals surface area contributed by atoms with Gasteiger partial charge in [-0.05, 0) is 6.42 Å². The Morgan fingerprint density at radius 3 is 1.95 bits per heavy atom. The molecule has 0 saturated heterocycles. The number of hydrogen-bond donors (Lipinski definition) is 4. The van der Waals surface area contributed by atoms with Gasteiger partial charge in [0, 0.05) is 6.54 Å².